The number of nitrogens with one attached hydrogen (secondary N) is 2. The first-order valence-corrected chi connectivity index (χ1v) is 12.0. The minimum Gasteiger partial charge on any atom is -0.477 e. The van der Waals surface area contributed by atoms with Crippen LogP contribution in [0.15, 0.2) is 33.3 Å². The van der Waals surface area contributed by atoms with Crippen molar-refractivity contribution in [2.75, 3.05) is 23.9 Å². The number of rotatable bonds is 10. The number of nitriles is 1. The van der Waals surface area contributed by atoms with Gasteiger partial charge in [0.15, 0.2) is 10.8 Å². The van der Waals surface area contributed by atoms with Gasteiger partial charge >= 0.3 is 5.97 Å². The molecule has 2 aliphatic rings. The lowest BCUT2D eigenvalue weighted by molar-refractivity contribution is -0.150. The molecule has 2 aliphatic heterocycles. The predicted molar refractivity (Wildman–Crippen MR) is 122 cm³/mol. The molecule has 1 aromatic heterocycles. The lowest BCUT2D eigenvalue weighted by atomic mass is 10.0. The van der Waals surface area contributed by atoms with E-state index in [9.17, 15) is 24.3 Å². The van der Waals surface area contributed by atoms with Crippen LogP contribution in [-0.2, 0) is 24.0 Å². The number of hydrogen-bond acceptors (Lipinski definition) is 11. The van der Waals surface area contributed by atoms with Crippen LogP contribution >= 0.6 is 34.9 Å². The normalized spacial score (nSPS) is 20.1. The Morgan fingerprint density at radius 3 is 3.00 bits per heavy atom. The molecule has 1 saturated heterocycles. The first-order valence-electron chi connectivity index (χ1n) is 9.07. The number of thioether (sulfide) groups is 2. The van der Waals surface area contributed by atoms with Crippen molar-refractivity contribution in [1.29, 1.82) is 5.26 Å². The SMILES string of the molecule is CO/N=C(\C(=O)NC1C(=O)N2C(C(=O)O)=C(CS/C=C\C#N)CS[C@H]12)c1csc(NC=O)n1. The van der Waals surface area contributed by atoms with Crippen molar-refractivity contribution in [2.24, 2.45) is 5.16 Å². The van der Waals surface area contributed by atoms with Crippen LogP contribution < -0.4 is 10.6 Å². The third-order valence-electron chi connectivity index (χ3n) is 4.36. The Hall–Kier alpha value is -3.35. The molecule has 0 radical (unpaired) electrons. The summed E-state index contributed by atoms with van der Waals surface area (Å²) in [5.41, 5.74) is 0.380. The zero-order valence-corrected chi connectivity index (χ0v) is 19.3. The van der Waals surface area contributed by atoms with Crippen molar-refractivity contribution in [3.8, 4) is 6.07 Å². The van der Waals surface area contributed by atoms with Crippen LogP contribution in [0.2, 0.25) is 0 Å². The van der Waals surface area contributed by atoms with Crippen molar-refractivity contribution < 1.29 is 29.1 Å². The highest BCUT2D eigenvalue weighted by Crippen LogP contribution is 2.41. The van der Waals surface area contributed by atoms with E-state index in [1.165, 1.54) is 42.1 Å². The minimum atomic E-state index is -1.24. The van der Waals surface area contributed by atoms with Crippen molar-refractivity contribution in [2.45, 2.75) is 11.4 Å². The molecular weight excluding hydrogens is 492 g/mol. The number of carbonyl (C=O) groups excluding carboxylic acids is 3. The number of amides is 3. The summed E-state index contributed by atoms with van der Waals surface area (Å²) in [6.07, 6.45) is 1.72. The zero-order valence-electron chi connectivity index (χ0n) is 16.9. The van der Waals surface area contributed by atoms with Crippen molar-refractivity contribution in [3.05, 3.63) is 33.8 Å². The number of nitrogens with zero attached hydrogens (tertiary/aromatic N) is 4. The Kier molecular flexibility index (Phi) is 8.09. The van der Waals surface area contributed by atoms with E-state index in [1.807, 2.05) is 6.07 Å². The maximum absolute atomic E-state index is 12.8. The first-order chi connectivity index (χ1) is 15.9. The molecule has 2 atom stereocenters. The number of fused-ring (bicyclic) bond motifs is 1. The van der Waals surface area contributed by atoms with E-state index < -0.39 is 29.2 Å². The molecule has 1 unspecified atom stereocenters. The third-order valence-corrected chi connectivity index (χ3v) is 7.32. The van der Waals surface area contributed by atoms with Gasteiger partial charge in [-0.15, -0.1) is 34.9 Å². The number of allylic oxidation sites excluding steroid dienone is 1. The fourth-order valence-electron chi connectivity index (χ4n) is 3.03. The highest BCUT2D eigenvalue weighted by atomic mass is 32.2. The molecule has 3 heterocycles. The second-order valence-electron chi connectivity index (χ2n) is 6.28. The monoisotopic (exact) mass is 508 g/mol. The lowest BCUT2D eigenvalue weighted by Gasteiger charge is -2.49. The summed E-state index contributed by atoms with van der Waals surface area (Å²) in [7, 11) is 1.24. The molecule has 3 amide bonds. The number of carboxylic acids is 1. The van der Waals surface area contributed by atoms with Crippen LogP contribution in [0, 0.1) is 11.3 Å². The van der Waals surface area contributed by atoms with Gasteiger partial charge in [-0.2, -0.15) is 5.26 Å². The number of hydrogen-bond donors (Lipinski definition) is 3. The minimum absolute atomic E-state index is 0.109. The Balaban J connectivity index is 1.75. The Labute approximate surface area is 199 Å². The first kappa shape index (κ1) is 24.3. The average molecular weight is 509 g/mol. The molecule has 1 aromatic rings. The fourth-order valence-corrected chi connectivity index (χ4v) is 5.85. The van der Waals surface area contributed by atoms with Crippen LogP contribution in [0.4, 0.5) is 5.13 Å². The molecule has 0 aromatic carbocycles. The second-order valence-corrected chi connectivity index (χ2v) is 9.14. The quantitative estimate of drug-likeness (QED) is 0.133. The average Bonchev–Trinajstić information content (AvgIpc) is 3.26. The molecule has 12 nitrogen and oxygen atoms in total. The molecule has 1 fully saturated rings. The van der Waals surface area contributed by atoms with E-state index in [4.69, 9.17) is 10.1 Å². The number of β-lactam (4-membered cyclic amide) rings is 1. The van der Waals surface area contributed by atoms with Gasteiger partial charge in [-0.05, 0) is 11.0 Å². The number of thiazole rings is 1. The molecule has 3 rings (SSSR count). The summed E-state index contributed by atoms with van der Waals surface area (Å²) in [6, 6.07) is 0.889. The van der Waals surface area contributed by atoms with E-state index in [-0.39, 0.29) is 22.2 Å². The van der Waals surface area contributed by atoms with Crippen LogP contribution in [0.5, 0.6) is 0 Å². The molecule has 15 heteroatoms. The van der Waals surface area contributed by atoms with Crippen LogP contribution in [0.1, 0.15) is 5.69 Å². The molecule has 3 N–H and O–H groups in total. The Bertz CT molecular complexity index is 1110. The number of aliphatic carboxylic acids is 1. The van der Waals surface area contributed by atoms with Crippen molar-refractivity contribution in [1.82, 2.24) is 15.2 Å². The van der Waals surface area contributed by atoms with E-state index in [1.54, 1.807) is 5.41 Å². The van der Waals surface area contributed by atoms with Gasteiger partial charge in [0.1, 0.15) is 29.9 Å². The molecule has 172 valence electrons. The number of carbonyl (C=O) groups is 4. The topological polar surface area (TPSA) is 174 Å². The number of aromatic nitrogens is 1. The summed E-state index contributed by atoms with van der Waals surface area (Å²) in [5.74, 6) is -1.88. The maximum Gasteiger partial charge on any atom is 0.352 e. The smallest absolute Gasteiger partial charge is 0.352 e. The van der Waals surface area contributed by atoms with Crippen molar-refractivity contribution >= 4 is 69.9 Å². The van der Waals surface area contributed by atoms with E-state index in [0.29, 0.717) is 23.5 Å². The van der Waals surface area contributed by atoms with Gasteiger partial charge in [0.25, 0.3) is 11.8 Å². The zero-order chi connectivity index (χ0) is 24.0. The summed E-state index contributed by atoms with van der Waals surface area (Å²) in [6.45, 7) is 0. The molecule has 0 aliphatic carbocycles. The highest BCUT2D eigenvalue weighted by Gasteiger charge is 2.54. The maximum atomic E-state index is 12.8. The van der Waals surface area contributed by atoms with Crippen LogP contribution in [0.3, 0.4) is 0 Å². The van der Waals surface area contributed by atoms with Gasteiger partial charge in [-0.1, -0.05) is 5.16 Å². The summed E-state index contributed by atoms with van der Waals surface area (Å²) in [5, 5.41) is 29.5. The molecular formula is C18H16N6O6S3. The number of carboxylic acid groups (broad SMARTS) is 1. The van der Waals surface area contributed by atoms with E-state index >= 15 is 0 Å². The standard InChI is InChI=1S/C18H16N6O6S3/c1-30-23-11(10-7-33-18(21-10)20-8-25)14(26)22-12-15(27)24-13(17(28)29)9(6-32-16(12)24)5-31-4-2-3-19/h2,4,7-8,12,16H,5-6H2,1H3,(H,22,26)(H,28,29)(H,20,21,25)/b4-2-,23-11-/t12?,16-/m1/s1. The van der Waals surface area contributed by atoms with E-state index in [2.05, 4.69) is 20.8 Å². The van der Waals surface area contributed by atoms with Crippen LogP contribution in [0.25, 0.3) is 0 Å². The molecule has 0 bridgehead atoms. The summed E-state index contributed by atoms with van der Waals surface area (Å²) < 4.78 is 0. The van der Waals surface area contributed by atoms with Gasteiger partial charge in [-0.25, -0.2) is 9.78 Å². The van der Waals surface area contributed by atoms with Gasteiger partial charge in [0.2, 0.25) is 6.41 Å². The largest absolute Gasteiger partial charge is 0.477 e. The highest BCUT2D eigenvalue weighted by molar-refractivity contribution is 8.02. The Morgan fingerprint density at radius 1 is 1.55 bits per heavy atom. The molecule has 0 spiro atoms. The second kappa shape index (κ2) is 11.0. The van der Waals surface area contributed by atoms with Gasteiger partial charge in [0.05, 0.1) is 6.07 Å². The van der Waals surface area contributed by atoms with Gasteiger partial charge in [-0.3, -0.25) is 19.3 Å². The lowest BCUT2D eigenvalue weighted by Crippen LogP contribution is -2.71. The van der Waals surface area contributed by atoms with Gasteiger partial charge in [0, 0.05) is 23.0 Å². The molecule has 33 heavy (non-hydrogen) atoms. The van der Waals surface area contributed by atoms with Crippen molar-refractivity contribution in [3.63, 3.8) is 0 Å². The number of anilines is 1. The third kappa shape index (κ3) is 5.18. The fraction of sp³-hybridized carbons (Fsp3) is 0.278. The molecule has 0 saturated carbocycles. The van der Waals surface area contributed by atoms with Crippen LogP contribution in [-0.4, -0.2) is 74.9 Å². The van der Waals surface area contributed by atoms with Gasteiger partial charge < -0.3 is 20.6 Å². The van der Waals surface area contributed by atoms with E-state index in [0.717, 1.165) is 16.2 Å². The predicted octanol–water partition coefficient (Wildman–Crippen LogP) is 0.571. The summed E-state index contributed by atoms with van der Waals surface area (Å²) >= 11 is 3.65. The number of oxime groups is 1. The summed E-state index contributed by atoms with van der Waals surface area (Å²) in [4.78, 5) is 58.0. The Morgan fingerprint density at radius 2 is 2.33 bits per heavy atom.